The maximum Gasteiger partial charge on any atom is 3.00 e. The molecule has 0 aliphatic heterocycles. The van der Waals surface area contributed by atoms with E-state index >= 15 is 0 Å². The van der Waals surface area contributed by atoms with Crippen LogP contribution in [0.3, 0.4) is 0 Å². The first-order valence-electron chi connectivity index (χ1n) is 14.2. The molecular formula is C40H27IrN4. The first-order valence-corrected chi connectivity index (χ1v) is 14.2. The molecule has 3 aromatic heterocycles. The van der Waals surface area contributed by atoms with Crippen LogP contribution >= 0.6 is 0 Å². The molecule has 0 radical (unpaired) electrons. The van der Waals surface area contributed by atoms with Crippen molar-refractivity contribution in [3.63, 3.8) is 0 Å². The van der Waals surface area contributed by atoms with Gasteiger partial charge in [-0.1, -0.05) is 48.5 Å². The Morgan fingerprint density at radius 2 is 0.867 bits per heavy atom. The number of hydrogen-bond donors (Lipinski definition) is 0. The van der Waals surface area contributed by atoms with E-state index in [1.165, 1.54) is 21.5 Å². The van der Waals surface area contributed by atoms with Crippen molar-refractivity contribution in [1.82, 2.24) is 19.9 Å². The Balaban J connectivity index is 0.000000134. The van der Waals surface area contributed by atoms with Crippen LogP contribution in [0.4, 0.5) is 0 Å². The van der Waals surface area contributed by atoms with Gasteiger partial charge < -0.3 is 15.0 Å². The van der Waals surface area contributed by atoms with Crippen molar-refractivity contribution >= 4 is 21.5 Å². The number of fused-ring (bicyclic) bond motifs is 2. The molecule has 0 amide bonds. The Morgan fingerprint density at radius 1 is 0.400 bits per heavy atom. The minimum Gasteiger partial charge on any atom is -0.304 e. The van der Waals surface area contributed by atoms with E-state index in [-0.39, 0.29) is 20.1 Å². The fourth-order valence-electron chi connectivity index (χ4n) is 4.74. The van der Waals surface area contributed by atoms with Gasteiger partial charge in [0.1, 0.15) is 0 Å². The van der Waals surface area contributed by atoms with Gasteiger partial charge in [-0.05, 0) is 45.1 Å². The van der Waals surface area contributed by atoms with Crippen LogP contribution in [0.25, 0.3) is 55.3 Å². The topological polar surface area (TPSA) is 51.6 Å². The SMILES string of the molecule is [Ir+3].[c-]1ccccc1-c1cnccn1.[c-]1ccccc1-c1nccc2ccccc12.[c-]1ccccc1-c1nccc2ccccc12. The van der Waals surface area contributed by atoms with Gasteiger partial charge in [0.05, 0.1) is 0 Å². The zero-order valence-electron chi connectivity index (χ0n) is 24.2. The molecule has 0 saturated carbocycles. The van der Waals surface area contributed by atoms with Gasteiger partial charge in [0, 0.05) is 36.7 Å². The standard InChI is InChI=1S/2C15H10N.C10H7N2.Ir/c2*1-2-7-13(8-3-1)15-14-9-5-4-6-12(14)10-11-16-15;1-2-4-9(5-3-1)10-8-11-6-7-12-10;/h2*1-7,9-11H;1-4,6-8H;/q3*-1;+3. The van der Waals surface area contributed by atoms with Crippen molar-refractivity contribution in [2.45, 2.75) is 0 Å². The molecule has 0 aliphatic carbocycles. The fourth-order valence-corrected chi connectivity index (χ4v) is 4.74. The predicted octanol–water partition coefficient (Wildman–Crippen LogP) is 9.35. The number of nitrogens with zero attached hydrogens (tertiary/aromatic N) is 4. The van der Waals surface area contributed by atoms with E-state index in [9.17, 15) is 0 Å². The Labute approximate surface area is 276 Å². The Kier molecular flexibility index (Phi) is 11.0. The largest absolute Gasteiger partial charge is 3.00 e. The summed E-state index contributed by atoms with van der Waals surface area (Å²) in [5, 5.41) is 4.77. The molecule has 0 N–H and O–H groups in total. The van der Waals surface area contributed by atoms with Gasteiger partial charge >= 0.3 is 20.1 Å². The van der Waals surface area contributed by atoms with Gasteiger partial charge in [0.15, 0.2) is 0 Å². The quantitative estimate of drug-likeness (QED) is 0.169. The van der Waals surface area contributed by atoms with Crippen molar-refractivity contribution in [2.24, 2.45) is 0 Å². The minimum absolute atomic E-state index is 0. The van der Waals surface area contributed by atoms with E-state index in [1.54, 1.807) is 18.6 Å². The molecule has 0 fully saturated rings. The first kappa shape index (κ1) is 31.1. The second-order valence-corrected chi connectivity index (χ2v) is 9.68. The van der Waals surface area contributed by atoms with E-state index in [0.29, 0.717) is 0 Å². The number of rotatable bonds is 3. The van der Waals surface area contributed by atoms with E-state index in [0.717, 1.165) is 33.8 Å². The summed E-state index contributed by atoms with van der Waals surface area (Å²) in [5.74, 6) is 0. The van der Waals surface area contributed by atoms with Crippen LogP contribution in [0.5, 0.6) is 0 Å². The van der Waals surface area contributed by atoms with Crippen molar-refractivity contribution in [2.75, 3.05) is 0 Å². The summed E-state index contributed by atoms with van der Waals surface area (Å²) in [4.78, 5) is 17.0. The van der Waals surface area contributed by atoms with Crippen molar-refractivity contribution in [1.29, 1.82) is 0 Å². The summed E-state index contributed by atoms with van der Waals surface area (Å²) in [6, 6.07) is 53.7. The molecular weight excluding hydrogens is 729 g/mol. The van der Waals surface area contributed by atoms with Crippen LogP contribution in [0.15, 0.2) is 164 Å². The molecule has 0 spiro atoms. The zero-order valence-corrected chi connectivity index (χ0v) is 26.6. The molecule has 8 aromatic rings. The van der Waals surface area contributed by atoms with Crippen LogP contribution in [-0.4, -0.2) is 19.9 Å². The van der Waals surface area contributed by atoms with E-state index < -0.39 is 0 Å². The third-order valence-corrected chi connectivity index (χ3v) is 6.82. The number of aromatic nitrogens is 4. The summed E-state index contributed by atoms with van der Waals surface area (Å²) in [6.07, 6.45) is 8.76. The van der Waals surface area contributed by atoms with Crippen molar-refractivity contribution in [3.8, 4) is 33.8 Å². The number of hydrogen-bond acceptors (Lipinski definition) is 4. The summed E-state index contributed by atoms with van der Waals surface area (Å²) < 4.78 is 0. The van der Waals surface area contributed by atoms with Gasteiger partial charge in [-0.25, -0.2) is 0 Å². The fraction of sp³-hybridized carbons (Fsp3) is 0. The van der Waals surface area contributed by atoms with Gasteiger partial charge in [-0.15, -0.1) is 108 Å². The van der Waals surface area contributed by atoms with E-state index in [2.05, 4.69) is 62.4 Å². The summed E-state index contributed by atoms with van der Waals surface area (Å²) >= 11 is 0. The van der Waals surface area contributed by atoms with Crippen LogP contribution in [0, 0.1) is 18.2 Å². The maximum atomic E-state index is 4.45. The molecule has 45 heavy (non-hydrogen) atoms. The van der Waals surface area contributed by atoms with Gasteiger partial charge in [-0.2, -0.15) is 0 Å². The van der Waals surface area contributed by atoms with Gasteiger partial charge in [-0.3, -0.25) is 4.98 Å². The zero-order chi connectivity index (χ0) is 29.8. The van der Waals surface area contributed by atoms with Gasteiger partial charge in [0.2, 0.25) is 0 Å². The number of pyridine rings is 2. The third-order valence-electron chi connectivity index (χ3n) is 6.82. The molecule has 5 aromatic carbocycles. The first-order chi connectivity index (χ1) is 21.9. The third kappa shape index (κ3) is 7.98. The van der Waals surface area contributed by atoms with Crippen LogP contribution in [0.1, 0.15) is 0 Å². The molecule has 3 heterocycles. The molecule has 0 unspecified atom stereocenters. The molecule has 4 nitrogen and oxygen atoms in total. The Bertz CT molecular complexity index is 1890. The second-order valence-electron chi connectivity index (χ2n) is 9.68. The number of benzene rings is 5. The maximum absolute atomic E-state index is 4.45. The molecule has 0 bridgehead atoms. The molecule has 0 aliphatic rings. The average Bonchev–Trinajstić information content (AvgIpc) is 3.13. The van der Waals surface area contributed by atoms with E-state index in [1.807, 2.05) is 122 Å². The van der Waals surface area contributed by atoms with Crippen LogP contribution in [-0.2, 0) is 20.1 Å². The molecule has 8 rings (SSSR count). The molecule has 0 saturated heterocycles. The van der Waals surface area contributed by atoms with Crippen molar-refractivity contribution in [3.05, 3.63) is 183 Å². The summed E-state index contributed by atoms with van der Waals surface area (Å²) in [5.41, 5.74) is 5.92. The summed E-state index contributed by atoms with van der Waals surface area (Å²) in [6.45, 7) is 0. The van der Waals surface area contributed by atoms with Crippen LogP contribution < -0.4 is 0 Å². The van der Waals surface area contributed by atoms with Crippen LogP contribution in [0.2, 0.25) is 0 Å². The average molecular weight is 756 g/mol. The molecule has 5 heteroatoms. The van der Waals surface area contributed by atoms with Gasteiger partial charge in [0.25, 0.3) is 0 Å². The molecule has 0 atom stereocenters. The second kappa shape index (κ2) is 15.9. The minimum atomic E-state index is 0. The smallest absolute Gasteiger partial charge is 0.304 e. The monoisotopic (exact) mass is 756 g/mol. The predicted molar refractivity (Wildman–Crippen MR) is 178 cm³/mol. The van der Waals surface area contributed by atoms with E-state index in [4.69, 9.17) is 0 Å². The Hall–Kier alpha value is -5.35. The molecule has 216 valence electrons. The Morgan fingerprint density at radius 3 is 1.31 bits per heavy atom. The summed E-state index contributed by atoms with van der Waals surface area (Å²) in [7, 11) is 0. The van der Waals surface area contributed by atoms with Crippen molar-refractivity contribution < 1.29 is 20.1 Å². The normalized spacial score (nSPS) is 10.0.